The molecule has 5 N–H and O–H groups in total. The lowest BCUT2D eigenvalue weighted by atomic mass is 10.0. The van der Waals surface area contributed by atoms with Crippen molar-refractivity contribution in [3.8, 4) is 17.1 Å². The zero-order chi connectivity index (χ0) is 29.5. The molecule has 41 heavy (non-hydrogen) atoms. The number of hydrogen-bond acceptors (Lipinski definition) is 7. The van der Waals surface area contributed by atoms with E-state index in [-0.39, 0.29) is 51.1 Å². The van der Waals surface area contributed by atoms with Crippen LogP contribution in [0.1, 0.15) is 39.5 Å². The summed E-state index contributed by atoms with van der Waals surface area (Å²) in [5, 5.41) is 6.45. The van der Waals surface area contributed by atoms with Gasteiger partial charge in [-0.05, 0) is 43.2 Å². The molecule has 3 aromatic heterocycles. The average Bonchev–Trinajstić information content (AvgIpc) is 3.53. The molecule has 214 valence electrons. The summed E-state index contributed by atoms with van der Waals surface area (Å²) in [6, 6.07) is 7.44. The number of piperidine rings is 1. The van der Waals surface area contributed by atoms with Gasteiger partial charge in [-0.1, -0.05) is 11.6 Å². The lowest BCUT2D eigenvalue weighted by Gasteiger charge is -2.30. The molecule has 1 aliphatic rings. The van der Waals surface area contributed by atoms with Crippen molar-refractivity contribution >= 4 is 34.8 Å². The second-order valence-electron chi connectivity index (χ2n) is 9.59. The number of nitrogen functional groups attached to an aromatic ring is 1. The van der Waals surface area contributed by atoms with Crippen molar-refractivity contribution in [2.45, 2.75) is 25.1 Å². The van der Waals surface area contributed by atoms with E-state index in [2.05, 4.69) is 20.4 Å². The number of benzene rings is 1. The van der Waals surface area contributed by atoms with E-state index in [0.29, 0.717) is 31.6 Å². The van der Waals surface area contributed by atoms with Crippen LogP contribution in [-0.4, -0.2) is 60.2 Å². The first-order valence-corrected chi connectivity index (χ1v) is 12.9. The number of hydrogen-bond donors (Lipinski definition) is 3. The first-order chi connectivity index (χ1) is 19.4. The van der Waals surface area contributed by atoms with Gasteiger partial charge in [-0.3, -0.25) is 9.59 Å². The molecule has 0 bridgehead atoms. The second kappa shape index (κ2) is 10.9. The van der Waals surface area contributed by atoms with Gasteiger partial charge >= 0.3 is 6.18 Å². The molecule has 0 unspecified atom stereocenters. The highest BCUT2D eigenvalue weighted by atomic mass is 35.5. The van der Waals surface area contributed by atoms with Gasteiger partial charge in [0.1, 0.15) is 0 Å². The number of nitrogens with zero attached hydrogens (tertiary/aromatic N) is 6. The van der Waals surface area contributed by atoms with E-state index in [1.165, 1.54) is 48.1 Å². The summed E-state index contributed by atoms with van der Waals surface area (Å²) >= 11 is 6.37. The van der Waals surface area contributed by atoms with E-state index in [1.807, 2.05) is 0 Å². The number of imidazole rings is 1. The van der Waals surface area contributed by atoms with Crippen LogP contribution in [0.4, 0.5) is 24.5 Å². The van der Waals surface area contributed by atoms with Crippen LogP contribution < -0.4 is 16.8 Å². The van der Waals surface area contributed by atoms with Gasteiger partial charge in [0.15, 0.2) is 17.3 Å². The van der Waals surface area contributed by atoms with E-state index in [4.69, 9.17) is 23.1 Å². The first kappa shape index (κ1) is 28.1. The lowest BCUT2D eigenvalue weighted by molar-refractivity contribution is -0.140. The molecule has 5 rings (SSSR count). The summed E-state index contributed by atoms with van der Waals surface area (Å²) in [6.45, 7) is 1.06. The fraction of sp³-hybridized carbons (Fsp3) is 0.269. The van der Waals surface area contributed by atoms with Crippen LogP contribution in [0.5, 0.6) is 0 Å². The molecular weight excluding hydrogens is 563 g/mol. The van der Waals surface area contributed by atoms with Gasteiger partial charge in [0.05, 0.1) is 39.9 Å². The van der Waals surface area contributed by atoms with Crippen molar-refractivity contribution in [1.29, 1.82) is 0 Å². The molecule has 4 aromatic rings. The van der Waals surface area contributed by atoms with E-state index in [1.54, 1.807) is 4.90 Å². The Labute approximate surface area is 236 Å². The number of nitrogens with two attached hydrogens (primary N) is 2. The van der Waals surface area contributed by atoms with Gasteiger partial charge < -0.3 is 26.3 Å². The topological polar surface area (TPSA) is 150 Å². The Balaban J connectivity index is 1.38. The number of aromatic nitrogens is 5. The SMILES string of the molecule is Cn1c(-c2cn(-c3ccc(N)cn3)nc2C(F)(F)F)cnc1C(=O)Nc1ccc(C(=O)N2CCC(N)CC2)c(Cl)c1. The first-order valence-electron chi connectivity index (χ1n) is 12.5. The number of alkyl halides is 3. The highest BCUT2D eigenvalue weighted by molar-refractivity contribution is 6.34. The molecule has 11 nitrogen and oxygen atoms in total. The van der Waals surface area contributed by atoms with Crippen LogP contribution in [0.3, 0.4) is 0 Å². The van der Waals surface area contributed by atoms with Crippen LogP contribution in [0.25, 0.3) is 17.1 Å². The Morgan fingerprint density at radius 1 is 1.10 bits per heavy atom. The number of rotatable bonds is 5. The normalized spacial score (nSPS) is 14.3. The molecule has 0 aliphatic carbocycles. The summed E-state index contributed by atoms with van der Waals surface area (Å²) in [5.74, 6) is -0.963. The predicted octanol–water partition coefficient (Wildman–Crippen LogP) is 3.74. The summed E-state index contributed by atoms with van der Waals surface area (Å²) in [4.78, 5) is 35.7. The van der Waals surface area contributed by atoms with Crippen molar-refractivity contribution in [3.63, 3.8) is 0 Å². The van der Waals surface area contributed by atoms with Crippen molar-refractivity contribution < 1.29 is 22.8 Å². The maximum atomic E-state index is 13.9. The largest absolute Gasteiger partial charge is 0.435 e. The zero-order valence-corrected chi connectivity index (χ0v) is 22.4. The molecule has 1 saturated heterocycles. The molecule has 0 radical (unpaired) electrons. The second-order valence-corrected chi connectivity index (χ2v) is 10.00. The Morgan fingerprint density at radius 3 is 2.46 bits per heavy atom. The van der Waals surface area contributed by atoms with E-state index >= 15 is 0 Å². The molecule has 0 saturated carbocycles. The molecular formula is C26H25ClF3N9O2. The van der Waals surface area contributed by atoms with Gasteiger partial charge in [-0.2, -0.15) is 18.3 Å². The highest BCUT2D eigenvalue weighted by Crippen LogP contribution is 2.37. The Kier molecular flexibility index (Phi) is 7.44. The van der Waals surface area contributed by atoms with Crippen LogP contribution in [0.15, 0.2) is 48.9 Å². The van der Waals surface area contributed by atoms with Gasteiger partial charge in [0.2, 0.25) is 0 Å². The van der Waals surface area contributed by atoms with Crippen LogP contribution in [0.2, 0.25) is 5.02 Å². The maximum absolute atomic E-state index is 13.9. The minimum absolute atomic E-state index is 0.00407. The van der Waals surface area contributed by atoms with E-state index in [0.717, 1.165) is 17.1 Å². The Hall–Kier alpha value is -4.43. The Bertz CT molecular complexity index is 1610. The van der Waals surface area contributed by atoms with E-state index in [9.17, 15) is 22.8 Å². The highest BCUT2D eigenvalue weighted by Gasteiger charge is 2.39. The van der Waals surface area contributed by atoms with Crippen molar-refractivity contribution in [2.24, 2.45) is 12.8 Å². The van der Waals surface area contributed by atoms with Crippen molar-refractivity contribution in [1.82, 2.24) is 29.2 Å². The Morgan fingerprint density at radius 2 is 1.83 bits per heavy atom. The standard InChI is InChI=1S/C26H25ClF3N9O2/c1-37-20(18-13-39(36-22(18)26(28,29)30)21-5-2-15(32)11-33-21)12-34-23(37)24(40)35-16-3-4-17(19(27)10-16)25(41)38-8-6-14(31)7-9-38/h2-5,10-14H,6-9,31-32H2,1H3,(H,35,40). The minimum atomic E-state index is -4.79. The fourth-order valence-corrected chi connectivity index (χ4v) is 4.78. The summed E-state index contributed by atoms with van der Waals surface area (Å²) in [5.41, 5.74) is 11.0. The summed E-state index contributed by atoms with van der Waals surface area (Å²) in [7, 11) is 1.41. The number of carbonyl (C=O) groups excluding carboxylic acids is 2. The quantitative estimate of drug-likeness (QED) is 0.322. The van der Waals surface area contributed by atoms with Crippen LogP contribution >= 0.6 is 11.6 Å². The smallest absolute Gasteiger partial charge is 0.397 e. The minimum Gasteiger partial charge on any atom is -0.397 e. The van der Waals surface area contributed by atoms with Gasteiger partial charge in [0.25, 0.3) is 11.8 Å². The van der Waals surface area contributed by atoms with Gasteiger partial charge in [-0.25, -0.2) is 14.6 Å². The number of carbonyl (C=O) groups is 2. The number of pyridine rings is 1. The molecule has 4 heterocycles. The number of nitrogens with one attached hydrogen (secondary N) is 1. The van der Waals surface area contributed by atoms with Crippen molar-refractivity contribution in [3.05, 3.63) is 71.0 Å². The molecule has 0 spiro atoms. The van der Waals surface area contributed by atoms with Gasteiger partial charge in [-0.15, -0.1) is 0 Å². The molecule has 0 atom stereocenters. The summed E-state index contributed by atoms with van der Waals surface area (Å²) < 4.78 is 43.9. The molecule has 1 aliphatic heterocycles. The average molecular weight is 588 g/mol. The number of likely N-dealkylation sites (tertiary alicyclic amines) is 1. The monoisotopic (exact) mass is 587 g/mol. The molecule has 1 fully saturated rings. The zero-order valence-electron chi connectivity index (χ0n) is 21.7. The van der Waals surface area contributed by atoms with Crippen molar-refractivity contribution in [2.75, 3.05) is 24.1 Å². The third kappa shape index (κ3) is 5.74. The van der Waals surface area contributed by atoms with E-state index < -0.39 is 17.8 Å². The lowest BCUT2D eigenvalue weighted by Crippen LogP contribution is -2.42. The summed E-state index contributed by atoms with van der Waals surface area (Å²) in [6.07, 6.45) is 0.220. The van der Waals surface area contributed by atoms with Crippen LogP contribution in [-0.2, 0) is 13.2 Å². The maximum Gasteiger partial charge on any atom is 0.435 e. The number of halogens is 4. The predicted molar refractivity (Wildman–Crippen MR) is 145 cm³/mol. The molecule has 1 aromatic carbocycles. The van der Waals surface area contributed by atoms with Crippen LogP contribution in [0, 0.1) is 0 Å². The fourth-order valence-electron chi connectivity index (χ4n) is 4.52. The third-order valence-corrected chi connectivity index (χ3v) is 7.05. The number of anilines is 2. The van der Waals surface area contributed by atoms with Gasteiger partial charge in [0, 0.05) is 38.1 Å². The molecule has 15 heteroatoms. The third-order valence-electron chi connectivity index (χ3n) is 6.74. The molecule has 2 amide bonds. The number of amides is 2.